The van der Waals surface area contributed by atoms with E-state index in [1.807, 2.05) is 30.3 Å². The fourth-order valence-electron chi connectivity index (χ4n) is 4.62. The lowest BCUT2D eigenvalue weighted by molar-refractivity contribution is -0.119. The number of amides is 1. The minimum Gasteiger partial charge on any atom is -0.360 e. The SMILES string of the molecule is Cc1onc(-c2c(F)cccc2Cl)c1C(=O)NC1CCCC(CC(=O)Cc2ccccc2)C1. The summed E-state index contributed by atoms with van der Waals surface area (Å²) in [5, 5.41) is 7.12. The smallest absolute Gasteiger partial charge is 0.257 e. The Morgan fingerprint density at radius 1 is 1.15 bits per heavy atom. The van der Waals surface area contributed by atoms with Gasteiger partial charge in [0, 0.05) is 18.9 Å². The van der Waals surface area contributed by atoms with E-state index in [9.17, 15) is 14.0 Å². The van der Waals surface area contributed by atoms with Crippen LogP contribution in [0.3, 0.4) is 0 Å². The van der Waals surface area contributed by atoms with Crippen LogP contribution < -0.4 is 5.32 Å². The molecule has 1 amide bonds. The zero-order chi connectivity index (χ0) is 23.4. The van der Waals surface area contributed by atoms with Crippen LogP contribution in [-0.4, -0.2) is 22.9 Å². The summed E-state index contributed by atoms with van der Waals surface area (Å²) in [7, 11) is 0. The van der Waals surface area contributed by atoms with E-state index >= 15 is 0 Å². The Balaban J connectivity index is 1.42. The zero-order valence-corrected chi connectivity index (χ0v) is 19.2. The Labute approximate surface area is 197 Å². The minimum atomic E-state index is -0.570. The molecule has 2 unspecified atom stereocenters. The monoisotopic (exact) mass is 468 g/mol. The number of halogens is 2. The maximum atomic E-state index is 14.4. The first-order valence-electron chi connectivity index (χ1n) is 11.2. The van der Waals surface area contributed by atoms with E-state index in [-0.39, 0.29) is 45.5 Å². The van der Waals surface area contributed by atoms with Crippen molar-refractivity contribution in [3.63, 3.8) is 0 Å². The van der Waals surface area contributed by atoms with E-state index in [4.69, 9.17) is 16.1 Å². The first kappa shape index (κ1) is 23.2. The molecule has 1 heterocycles. The standard InChI is InChI=1S/C26H26ClFN2O3/c1-16-23(25(30-33-16)24-21(27)11-6-12-22(24)28)26(32)29-19-10-5-9-18(13-19)15-20(31)14-17-7-3-2-4-8-17/h2-4,6-8,11-12,18-19H,5,9-10,13-15H2,1H3,(H,29,32). The maximum Gasteiger partial charge on any atom is 0.257 e. The number of hydrogen-bond acceptors (Lipinski definition) is 4. The third-order valence-electron chi connectivity index (χ3n) is 6.17. The number of carbonyl (C=O) groups is 2. The highest BCUT2D eigenvalue weighted by Crippen LogP contribution is 2.34. The molecule has 2 aromatic carbocycles. The van der Waals surface area contributed by atoms with Crippen LogP contribution in [0.2, 0.25) is 5.02 Å². The summed E-state index contributed by atoms with van der Waals surface area (Å²) in [4.78, 5) is 25.7. The molecule has 1 saturated carbocycles. The van der Waals surface area contributed by atoms with Crippen LogP contribution in [0, 0.1) is 18.7 Å². The highest BCUT2D eigenvalue weighted by atomic mass is 35.5. The molecule has 0 aliphatic heterocycles. The van der Waals surface area contributed by atoms with Gasteiger partial charge in [-0.3, -0.25) is 9.59 Å². The fraction of sp³-hybridized carbons (Fsp3) is 0.346. The summed E-state index contributed by atoms with van der Waals surface area (Å²) >= 11 is 6.18. The van der Waals surface area contributed by atoms with Crippen molar-refractivity contribution in [3.05, 3.63) is 76.3 Å². The quantitative estimate of drug-likeness (QED) is 0.466. The van der Waals surface area contributed by atoms with Crippen molar-refractivity contribution in [2.45, 2.75) is 51.5 Å². The normalized spacial score (nSPS) is 18.2. The van der Waals surface area contributed by atoms with E-state index in [2.05, 4.69) is 10.5 Å². The number of aryl methyl sites for hydroxylation is 1. The summed E-state index contributed by atoms with van der Waals surface area (Å²) in [5.41, 5.74) is 1.35. The average molecular weight is 469 g/mol. The van der Waals surface area contributed by atoms with Gasteiger partial charge in [0.2, 0.25) is 0 Å². The molecule has 1 aliphatic rings. The highest BCUT2D eigenvalue weighted by Gasteiger charge is 2.29. The lowest BCUT2D eigenvalue weighted by atomic mass is 9.82. The molecule has 1 aliphatic carbocycles. The number of carbonyl (C=O) groups excluding carboxylic acids is 2. The summed E-state index contributed by atoms with van der Waals surface area (Å²) in [6, 6.07) is 14.0. The Bertz CT molecular complexity index is 1130. The predicted octanol–water partition coefficient (Wildman–Crippen LogP) is 5.93. The van der Waals surface area contributed by atoms with Crippen molar-refractivity contribution in [1.82, 2.24) is 10.5 Å². The number of benzene rings is 2. The number of aromatic nitrogens is 1. The van der Waals surface area contributed by atoms with Crippen LogP contribution in [-0.2, 0) is 11.2 Å². The fourth-order valence-corrected chi connectivity index (χ4v) is 4.87. The lowest BCUT2D eigenvalue weighted by Crippen LogP contribution is -2.39. The highest BCUT2D eigenvalue weighted by molar-refractivity contribution is 6.33. The van der Waals surface area contributed by atoms with Crippen molar-refractivity contribution in [2.24, 2.45) is 5.92 Å². The van der Waals surface area contributed by atoms with E-state index in [1.165, 1.54) is 12.1 Å². The first-order valence-corrected chi connectivity index (χ1v) is 11.6. The Morgan fingerprint density at radius 3 is 2.70 bits per heavy atom. The Morgan fingerprint density at radius 2 is 1.94 bits per heavy atom. The molecule has 1 aromatic heterocycles. The molecule has 0 bridgehead atoms. The molecule has 3 aromatic rings. The van der Waals surface area contributed by atoms with Crippen molar-refractivity contribution in [1.29, 1.82) is 0 Å². The number of nitrogens with zero attached hydrogens (tertiary/aromatic N) is 1. The molecule has 7 heteroatoms. The average Bonchev–Trinajstić information content (AvgIpc) is 3.15. The molecule has 172 valence electrons. The molecular formula is C26H26ClFN2O3. The van der Waals surface area contributed by atoms with E-state index in [1.54, 1.807) is 13.0 Å². The second-order valence-electron chi connectivity index (χ2n) is 8.67. The van der Waals surface area contributed by atoms with Crippen molar-refractivity contribution >= 4 is 23.3 Å². The van der Waals surface area contributed by atoms with Gasteiger partial charge in [-0.25, -0.2) is 4.39 Å². The molecular weight excluding hydrogens is 443 g/mol. The molecule has 1 N–H and O–H groups in total. The van der Waals surface area contributed by atoms with Crippen molar-refractivity contribution < 1.29 is 18.5 Å². The summed E-state index contributed by atoms with van der Waals surface area (Å²) in [6.45, 7) is 1.62. The van der Waals surface area contributed by atoms with Crippen LogP contribution in [0.25, 0.3) is 11.3 Å². The van der Waals surface area contributed by atoms with E-state index < -0.39 is 5.82 Å². The van der Waals surface area contributed by atoms with Crippen molar-refractivity contribution in [2.75, 3.05) is 0 Å². The number of hydrogen-bond donors (Lipinski definition) is 1. The second kappa shape index (κ2) is 10.3. The number of rotatable bonds is 7. The summed E-state index contributed by atoms with van der Waals surface area (Å²) in [6.07, 6.45) is 4.39. The zero-order valence-electron chi connectivity index (χ0n) is 18.4. The number of Topliss-reactive ketones (excluding diaryl/α,β-unsaturated/α-hetero) is 1. The molecule has 33 heavy (non-hydrogen) atoms. The van der Waals surface area contributed by atoms with Gasteiger partial charge in [-0.1, -0.05) is 59.6 Å². The van der Waals surface area contributed by atoms with Crippen molar-refractivity contribution in [3.8, 4) is 11.3 Å². The van der Waals surface area contributed by atoms with Crippen LogP contribution in [0.4, 0.5) is 4.39 Å². The molecule has 0 saturated heterocycles. The second-order valence-corrected chi connectivity index (χ2v) is 9.07. The van der Waals surface area contributed by atoms with Crippen LogP contribution in [0.15, 0.2) is 53.1 Å². The Hall–Kier alpha value is -2.99. The molecule has 4 rings (SSSR count). The van der Waals surface area contributed by atoms with Gasteiger partial charge in [-0.15, -0.1) is 0 Å². The van der Waals surface area contributed by atoms with Gasteiger partial charge in [-0.2, -0.15) is 0 Å². The van der Waals surface area contributed by atoms with Gasteiger partial charge in [-0.05, 0) is 49.8 Å². The van der Waals surface area contributed by atoms with Crippen LogP contribution in [0.1, 0.15) is 53.8 Å². The van der Waals surface area contributed by atoms with Gasteiger partial charge in [0.1, 0.15) is 28.6 Å². The largest absolute Gasteiger partial charge is 0.360 e. The van der Waals surface area contributed by atoms with Crippen LogP contribution in [0.5, 0.6) is 0 Å². The Kier molecular flexibility index (Phi) is 7.23. The number of nitrogens with one attached hydrogen (secondary N) is 1. The van der Waals surface area contributed by atoms with Gasteiger partial charge < -0.3 is 9.84 Å². The van der Waals surface area contributed by atoms with Gasteiger partial charge in [0.25, 0.3) is 5.91 Å². The lowest BCUT2D eigenvalue weighted by Gasteiger charge is -2.29. The third-order valence-corrected chi connectivity index (χ3v) is 6.48. The molecule has 0 radical (unpaired) electrons. The van der Waals surface area contributed by atoms with Gasteiger partial charge >= 0.3 is 0 Å². The maximum absolute atomic E-state index is 14.4. The molecule has 1 fully saturated rings. The first-order chi connectivity index (χ1) is 15.9. The topological polar surface area (TPSA) is 72.2 Å². The molecule has 2 atom stereocenters. The molecule has 5 nitrogen and oxygen atoms in total. The third kappa shape index (κ3) is 5.50. The predicted molar refractivity (Wildman–Crippen MR) is 125 cm³/mol. The van der Waals surface area contributed by atoms with E-state index in [0.29, 0.717) is 18.6 Å². The summed E-state index contributed by atoms with van der Waals surface area (Å²) < 4.78 is 19.7. The summed E-state index contributed by atoms with van der Waals surface area (Å²) in [5.74, 6) is -0.204. The van der Waals surface area contributed by atoms with Crippen LogP contribution >= 0.6 is 11.6 Å². The van der Waals surface area contributed by atoms with Gasteiger partial charge in [0.05, 0.1) is 10.6 Å². The number of ketones is 1. The van der Waals surface area contributed by atoms with Gasteiger partial charge in [0.15, 0.2) is 0 Å². The minimum absolute atomic E-state index is 0.0502. The van der Waals surface area contributed by atoms with E-state index in [0.717, 1.165) is 31.2 Å². The molecule has 0 spiro atoms.